The summed E-state index contributed by atoms with van der Waals surface area (Å²) in [5, 5.41) is 0. The molecule has 2 aromatic rings. The van der Waals surface area contributed by atoms with Gasteiger partial charge in [0.05, 0.1) is 0 Å². The van der Waals surface area contributed by atoms with E-state index in [0.29, 0.717) is 0 Å². The van der Waals surface area contributed by atoms with Gasteiger partial charge in [0.1, 0.15) is 10.1 Å². The molecule has 0 spiro atoms. The van der Waals surface area contributed by atoms with E-state index < -0.39 is 16.1 Å². The molecule has 0 amide bonds. The van der Waals surface area contributed by atoms with Crippen LogP contribution in [0.2, 0.25) is 0 Å². The fourth-order valence-electron chi connectivity index (χ4n) is 2.15. The summed E-state index contributed by atoms with van der Waals surface area (Å²) in [5.74, 6) is 0. The molecule has 0 saturated heterocycles. The maximum Gasteiger partial charge on any atom is 0.357 e. The van der Waals surface area contributed by atoms with Gasteiger partial charge in [-0.3, -0.25) is 0 Å². The second kappa shape index (κ2) is 9.47. The van der Waals surface area contributed by atoms with Crippen LogP contribution in [0.4, 0.5) is 4.39 Å². The molecule has 0 radical (unpaired) electrons. The molecule has 0 bridgehead atoms. The summed E-state index contributed by atoms with van der Waals surface area (Å²) < 4.78 is 40.8. The molecule has 150 valence electrons. The number of hydrogen-bond acceptors (Lipinski definition) is 3. The number of alkyl halides is 1. The number of halogens is 2. The maximum atomic E-state index is 10.6. The van der Waals surface area contributed by atoms with Crippen molar-refractivity contribution in [1.29, 1.82) is 0 Å². The first-order chi connectivity index (χ1) is 12.2. The van der Waals surface area contributed by atoms with Crippen molar-refractivity contribution in [3.63, 3.8) is 0 Å². The fourth-order valence-corrected chi connectivity index (χ4v) is 4.31. The molecule has 2 aromatic carbocycles. The Morgan fingerprint density at radius 3 is 1.22 bits per heavy atom. The molecular formula is C21H28FIO3S. The Kier molecular flexibility index (Phi) is 8.44. The van der Waals surface area contributed by atoms with Gasteiger partial charge in [0, 0.05) is 0 Å². The van der Waals surface area contributed by atoms with E-state index in [9.17, 15) is 4.39 Å². The Bertz CT molecular complexity index is 760. The van der Waals surface area contributed by atoms with Crippen LogP contribution in [0.1, 0.15) is 52.7 Å². The number of benzene rings is 2. The van der Waals surface area contributed by atoms with Gasteiger partial charge in [-0.1, -0.05) is 65.8 Å². The fraction of sp³-hybridized carbons (Fsp3) is 0.429. The van der Waals surface area contributed by atoms with Crippen LogP contribution in [-0.4, -0.2) is 19.0 Å². The van der Waals surface area contributed by atoms with Crippen LogP contribution in [-0.2, 0) is 20.9 Å². The van der Waals surface area contributed by atoms with Gasteiger partial charge >= 0.3 is 21.2 Å². The van der Waals surface area contributed by atoms with Crippen molar-refractivity contribution in [1.82, 2.24) is 0 Å². The van der Waals surface area contributed by atoms with Crippen molar-refractivity contribution in [2.45, 2.75) is 52.4 Å². The molecule has 0 saturated carbocycles. The van der Waals surface area contributed by atoms with Crippen molar-refractivity contribution in [2.75, 3.05) is 6.01 Å². The third-order valence-corrected chi connectivity index (χ3v) is 6.72. The molecule has 0 aromatic heterocycles. The predicted molar refractivity (Wildman–Crippen MR) is 103 cm³/mol. The van der Waals surface area contributed by atoms with Crippen molar-refractivity contribution in [2.24, 2.45) is 0 Å². The van der Waals surface area contributed by atoms with Crippen molar-refractivity contribution in [3.8, 4) is 0 Å². The number of hydrogen-bond donors (Lipinski definition) is 0. The second-order valence-corrected chi connectivity index (χ2v) is 12.6. The van der Waals surface area contributed by atoms with Crippen LogP contribution in [0, 0.1) is 7.14 Å². The van der Waals surface area contributed by atoms with Gasteiger partial charge in [-0.2, -0.15) is 0 Å². The first kappa shape index (κ1) is 24.0. The minimum atomic E-state index is -4.58. The predicted octanol–water partition coefficient (Wildman–Crippen LogP) is 1.87. The lowest BCUT2D eigenvalue weighted by molar-refractivity contribution is -0.597. The monoisotopic (exact) mass is 506 g/mol. The van der Waals surface area contributed by atoms with Gasteiger partial charge in [-0.25, -0.2) is 12.8 Å². The molecule has 0 aliphatic carbocycles. The quantitative estimate of drug-likeness (QED) is 0.472. The summed E-state index contributed by atoms with van der Waals surface area (Å²) in [6, 6.07) is 16.6. The largest absolute Gasteiger partial charge is 0.746 e. The van der Waals surface area contributed by atoms with Crippen LogP contribution >= 0.6 is 0 Å². The Labute approximate surface area is 173 Å². The summed E-state index contributed by atoms with van der Waals surface area (Å²) in [5.41, 5.74) is 3.31. The van der Waals surface area contributed by atoms with Crippen molar-refractivity contribution >= 4 is 10.1 Å². The van der Waals surface area contributed by atoms with Gasteiger partial charge in [0.25, 0.3) is 0 Å². The highest BCUT2D eigenvalue weighted by atomic mass is 127. The first-order valence-corrected chi connectivity index (χ1v) is 12.3. The lowest BCUT2D eigenvalue weighted by Crippen LogP contribution is -3.61. The summed E-state index contributed by atoms with van der Waals surface area (Å²) in [6.45, 7) is 13.6. The Balaban J connectivity index is 0.000000527. The summed E-state index contributed by atoms with van der Waals surface area (Å²) in [4.78, 5) is 0. The lowest BCUT2D eigenvalue weighted by Gasteiger charge is -2.18. The summed E-state index contributed by atoms with van der Waals surface area (Å²) in [6.07, 6.45) is 0. The van der Waals surface area contributed by atoms with Crippen LogP contribution in [0.3, 0.4) is 0 Å². The molecule has 0 heterocycles. The van der Waals surface area contributed by atoms with E-state index in [1.165, 1.54) is 18.3 Å². The van der Waals surface area contributed by atoms with Crippen LogP contribution in [0.5, 0.6) is 0 Å². The molecule has 3 nitrogen and oxygen atoms in total. The van der Waals surface area contributed by atoms with Gasteiger partial charge < -0.3 is 4.55 Å². The lowest BCUT2D eigenvalue weighted by atomic mass is 9.87. The first-order valence-electron chi connectivity index (χ1n) is 8.58. The molecule has 0 fully saturated rings. The number of rotatable bonds is 3. The van der Waals surface area contributed by atoms with E-state index >= 15 is 0 Å². The van der Waals surface area contributed by atoms with Crippen molar-refractivity contribution < 1.29 is 38.6 Å². The summed E-state index contributed by atoms with van der Waals surface area (Å²) in [7, 11) is -4.58. The average molecular weight is 506 g/mol. The molecule has 27 heavy (non-hydrogen) atoms. The standard InChI is InChI=1S/C20H26I.CH3FO3S/c1-19(2,3)15-7-11-17(12-8-15)21-18-13-9-16(10-14-18)20(4,5)6;2-1-6(3,4)5/h7-14H,1-6H3;1H2,(H,3,4,5)/q+1;/p-1. The minimum Gasteiger partial charge on any atom is -0.746 e. The average Bonchev–Trinajstić information content (AvgIpc) is 2.54. The van der Waals surface area contributed by atoms with E-state index in [1.807, 2.05) is 0 Å². The molecule has 0 atom stereocenters. The zero-order valence-electron chi connectivity index (χ0n) is 16.7. The zero-order valence-corrected chi connectivity index (χ0v) is 19.7. The Hall–Kier alpha value is -0.990. The van der Waals surface area contributed by atoms with E-state index in [4.69, 9.17) is 13.0 Å². The molecule has 0 unspecified atom stereocenters. The van der Waals surface area contributed by atoms with Crippen LogP contribution < -0.4 is 21.2 Å². The van der Waals surface area contributed by atoms with Gasteiger partial charge in [0.2, 0.25) is 0 Å². The molecule has 6 heteroatoms. The van der Waals surface area contributed by atoms with E-state index in [0.717, 1.165) is 0 Å². The minimum absolute atomic E-state index is 0.0703. The Morgan fingerprint density at radius 1 is 0.778 bits per heavy atom. The highest BCUT2D eigenvalue weighted by Crippen LogP contribution is 2.21. The van der Waals surface area contributed by atoms with Gasteiger partial charge in [-0.15, -0.1) is 0 Å². The molecule has 0 aliphatic rings. The van der Waals surface area contributed by atoms with E-state index in [1.54, 1.807) is 0 Å². The summed E-state index contributed by atoms with van der Waals surface area (Å²) >= 11 is -0.0703. The van der Waals surface area contributed by atoms with Gasteiger partial charge in [0.15, 0.2) is 13.1 Å². The highest BCUT2D eigenvalue weighted by molar-refractivity contribution is 7.85. The third kappa shape index (κ3) is 9.17. The third-order valence-electron chi connectivity index (χ3n) is 3.77. The second-order valence-electron chi connectivity index (χ2n) is 8.28. The Morgan fingerprint density at radius 2 is 1.04 bits per heavy atom. The van der Waals surface area contributed by atoms with Crippen molar-refractivity contribution in [3.05, 3.63) is 66.8 Å². The van der Waals surface area contributed by atoms with E-state index in [-0.39, 0.29) is 32.0 Å². The zero-order chi connectivity index (χ0) is 20.9. The topological polar surface area (TPSA) is 57.2 Å². The molecular weight excluding hydrogens is 478 g/mol. The highest BCUT2D eigenvalue weighted by Gasteiger charge is 2.20. The normalized spacial score (nSPS) is 12.3. The van der Waals surface area contributed by atoms with Crippen LogP contribution in [0.15, 0.2) is 48.5 Å². The molecule has 0 N–H and O–H groups in total. The van der Waals surface area contributed by atoms with Crippen LogP contribution in [0.25, 0.3) is 0 Å². The molecule has 0 aliphatic heterocycles. The maximum absolute atomic E-state index is 10.6. The van der Waals surface area contributed by atoms with Gasteiger partial charge in [-0.05, 0) is 46.2 Å². The smallest absolute Gasteiger partial charge is 0.357 e. The van der Waals surface area contributed by atoms with E-state index in [2.05, 4.69) is 90.1 Å². The molecule has 2 rings (SSSR count). The SMILES string of the molecule is CC(C)(C)c1ccc([I+]c2ccc(C(C)(C)C)cc2)cc1.O=S(=O)([O-])CF.